The standard InChI is InChI=1S/C18H19Cl2F3N2O2S/c1-2-15(19)24-25-16(13-6-4-3-5-7-13)14-8-10-17(20,11-9-14)12-28(26,27)18(21,22)23/h3-10,15,24H,2,11-12H2,1H3. The second kappa shape index (κ2) is 8.88. The van der Waals surface area contributed by atoms with E-state index in [-0.39, 0.29) is 6.42 Å². The first-order chi connectivity index (χ1) is 13.0. The maximum absolute atomic E-state index is 12.7. The Kier molecular flexibility index (Phi) is 7.22. The lowest BCUT2D eigenvalue weighted by Crippen LogP contribution is -2.37. The zero-order valence-corrected chi connectivity index (χ0v) is 17.2. The number of benzene rings is 1. The van der Waals surface area contributed by atoms with Gasteiger partial charge in [-0.05, 0) is 18.4 Å². The second-order valence-corrected chi connectivity index (χ2v) is 9.53. The molecule has 1 aliphatic carbocycles. The van der Waals surface area contributed by atoms with Gasteiger partial charge in [0.1, 0.15) is 5.50 Å². The molecule has 2 rings (SSSR count). The van der Waals surface area contributed by atoms with Crippen molar-refractivity contribution in [2.45, 2.75) is 35.6 Å². The first-order valence-electron chi connectivity index (χ1n) is 8.38. The van der Waals surface area contributed by atoms with Crippen molar-refractivity contribution in [1.82, 2.24) is 5.43 Å². The van der Waals surface area contributed by atoms with Crippen LogP contribution in [0.2, 0.25) is 0 Å². The number of rotatable bonds is 7. The monoisotopic (exact) mass is 454 g/mol. The van der Waals surface area contributed by atoms with Crippen molar-refractivity contribution in [3.63, 3.8) is 0 Å². The molecule has 0 heterocycles. The molecule has 154 valence electrons. The van der Waals surface area contributed by atoms with Gasteiger partial charge >= 0.3 is 5.51 Å². The fraction of sp³-hybridized carbons (Fsp3) is 0.389. The molecule has 0 spiro atoms. The minimum Gasteiger partial charge on any atom is -0.292 e. The molecule has 0 aliphatic heterocycles. The number of allylic oxidation sites excluding steroid dienone is 4. The van der Waals surface area contributed by atoms with Gasteiger partial charge in [-0.15, -0.1) is 11.6 Å². The summed E-state index contributed by atoms with van der Waals surface area (Å²) in [6.45, 7) is 1.88. The average Bonchev–Trinajstić information content (AvgIpc) is 2.62. The third-order valence-electron chi connectivity index (χ3n) is 4.00. The molecule has 0 saturated carbocycles. The molecular weight excluding hydrogens is 436 g/mol. The van der Waals surface area contributed by atoms with Crippen molar-refractivity contribution in [2.24, 2.45) is 5.10 Å². The Morgan fingerprint density at radius 2 is 1.96 bits per heavy atom. The molecule has 0 fully saturated rings. The normalized spacial score (nSPS) is 21.9. The number of halogens is 5. The molecule has 2 unspecified atom stereocenters. The summed E-state index contributed by atoms with van der Waals surface area (Å²) in [6, 6.07) is 9.11. The van der Waals surface area contributed by atoms with Crippen LogP contribution in [-0.4, -0.2) is 35.8 Å². The lowest BCUT2D eigenvalue weighted by atomic mass is 9.92. The summed E-state index contributed by atoms with van der Waals surface area (Å²) in [5.41, 5.74) is -1.05. The molecule has 0 aromatic heterocycles. The summed E-state index contributed by atoms with van der Waals surface area (Å²) >= 11 is 12.2. The molecule has 1 aromatic carbocycles. The number of nitrogens with zero attached hydrogens (tertiary/aromatic N) is 1. The molecule has 0 radical (unpaired) electrons. The average molecular weight is 455 g/mol. The van der Waals surface area contributed by atoms with Crippen LogP contribution < -0.4 is 5.43 Å². The van der Waals surface area contributed by atoms with Gasteiger partial charge in [-0.25, -0.2) is 8.42 Å². The van der Waals surface area contributed by atoms with E-state index in [9.17, 15) is 21.6 Å². The van der Waals surface area contributed by atoms with Gasteiger partial charge in [0, 0.05) is 5.56 Å². The van der Waals surface area contributed by atoms with Crippen LogP contribution in [-0.2, 0) is 9.84 Å². The summed E-state index contributed by atoms with van der Waals surface area (Å²) < 4.78 is 60.9. The Balaban J connectivity index is 2.28. The molecule has 10 heteroatoms. The summed E-state index contributed by atoms with van der Waals surface area (Å²) in [5, 5.41) is 4.32. The number of hydrazone groups is 1. The van der Waals surface area contributed by atoms with Crippen LogP contribution in [0.4, 0.5) is 13.2 Å². The van der Waals surface area contributed by atoms with E-state index in [1.165, 1.54) is 12.2 Å². The Morgan fingerprint density at radius 3 is 2.46 bits per heavy atom. The van der Waals surface area contributed by atoms with Crippen LogP contribution >= 0.6 is 23.2 Å². The van der Waals surface area contributed by atoms with E-state index < -0.39 is 31.5 Å². The van der Waals surface area contributed by atoms with Crippen LogP contribution in [0.3, 0.4) is 0 Å². The van der Waals surface area contributed by atoms with Crippen molar-refractivity contribution in [1.29, 1.82) is 0 Å². The Hall–Kier alpha value is -1.51. The highest BCUT2D eigenvalue weighted by Crippen LogP contribution is 2.35. The quantitative estimate of drug-likeness (QED) is 0.279. The second-order valence-electron chi connectivity index (χ2n) is 6.27. The predicted molar refractivity (Wildman–Crippen MR) is 106 cm³/mol. The van der Waals surface area contributed by atoms with E-state index in [0.717, 1.165) is 5.56 Å². The fourth-order valence-electron chi connectivity index (χ4n) is 2.45. The molecule has 1 aromatic rings. The van der Waals surface area contributed by atoms with Crippen molar-refractivity contribution < 1.29 is 21.6 Å². The highest BCUT2D eigenvalue weighted by Gasteiger charge is 2.49. The van der Waals surface area contributed by atoms with Crippen LogP contribution in [0.25, 0.3) is 0 Å². The van der Waals surface area contributed by atoms with Gasteiger partial charge < -0.3 is 0 Å². The molecule has 1 N–H and O–H groups in total. The van der Waals surface area contributed by atoms with Gasteiger partial charge in [0.2, 0.25) is 9.84 Å². The maximum Gasteiger partial charge on any atom is 0.497 e. The highest BCUT2D eigenvalue weighted by atomic mass is 35.5. The zero-order valence-electron chi connectivity index (χ0n) is 14.9. The number of hydrogen-bond acceptors (Lipinski definition) is 4. The molecular formula is C18H19Cl2F3N2O2S. The largest absolute Gasteiger partial charge is 0.497 e. The van der Waals surface area contributed by atoms with E-state index in [2.05, 4.69) is 10.5 Å². The van der Waals surface area contributed by atoms with Gasteiger partial charge in [0.25, 0.3) is 0 Å². The van der Waals surface area contributed by atoms with Crippen molar-refractivity contribution in [3.8, 4) is 0 Å². The lowest BCUT2D eigenvalue weighted by molar-refractivity contribution is -0.0436. The fourth-order valence-corrected chi connectivity index (χ4v) is 4.08. The third-order valence-corrected chi connectivity index (χ3v) is 6.58. The summed E-state index contributed by atoms with van der Waals surface area (Å²) in [7, 11) is -5.34. The summed E-state index contributed by atoms with van der Waals surface area (Å²) in [5.74, 6) is -1.24. The first kappa shape index (κ1) is 22.8. The Morgan fingerprint density at radius 1 is 1.32 bits per heavy atom. The van der Waals surface area contributed by atoms with Crippen LogP contribution in [0.15, 0.2) is 59.2 Å². The van der Waals surface area contributed by atoms with E-state index in [1.54, 1.807) is 6.08 Å². The van der Waals surface area contributed by atoms with Gasteiger partial charge in [0.15, 0.2) is 0 Å². The maximum atomic E-state index is 12.7. The predicted octanol–water partition coefficient (Wildman–Crippen LogP) is 4.75. The lowest BCUT2D eigenvalue weighted by Gasteiger charge is -2.26. The van der Waals surface area contributed by atoms with E-state index in [4.69, 9.17) is 23.2 Å². The zero-order chi connectivity index (χ0) is 21.0. The molecule has 4 nitrogen and oxygen atoms in total. The van der Waals surface area contributed by atoms with E-state index in [1.807, 2.05) is 37.3 Å². The van der Waals surface area contributed by atoms with Crippen LogP contribution in [0.5, 0.6) is 0 Å². The molecule has 0 saturated heterocycles. The van der Waals surface area contributed by atoms with Gasteiger partial charge in [-0.1, -0.05) is 67.1 Å². The number of alkyl halides is 5. The minimum absolute atomic E-state index is 0.0976. The number of sulfone groups is 1. The van der Waals surface area contributed by atoms with Gasteiger partial charge in [-0.3, -0.25) is 5.43 Å². The van der Waals surface area contributed by atoms with Crippen LogP contribution in [0.1, 0.15) is 25.3 Å². The highest BCUT2D eigenvalue weighted by molar-refractivity contribution is 7.92. The van der Waals surface area contributed by atoms with Crippen molar-refractivity contribution in [3.05, 3.63) is 59.7 Å². The van der Waals surface area contributed by atoms with E-state index >= 15 is 0 Å². The third kappa shape index (κ3) is 5.75. The summed E-state index contributed by atoms with van der Waals surface area (Å²) in [6.07, 6.45) is 4.85. The number of hydrogen-bond donors (Lipinski definition) is 1. The van der Waals surface area contributed by atoms with Crippen LogP contribution in [0, 0.1) is 0 Å². The molecule has 0 amide bonds. The molecule has 2 atom stereocenters. The van der Waals surface area contributed by atoms with Crippen molar-refractivity contribution in [2.75, 3.05) is 5.75 Å². The van der Waals surface area contributed by atoms with Gasteiger partial charge in [0.05, 0.1) is 16.3 Å². The molecule has 0 bridgehead atoms. The Labute approximate surface area is 172 Å². The number of nitrogens with one attached hydrogen (secondary N) is 1. The smallest absolute Gasteiger partial charge is 0.292 e. The summed E-state index contributed by atoms with van der Waals surface area (Å²) in [4.78, 5) is -1.68. The topological polar surface area (TPSA) is 58.5 Å². The Bertz CT molecular complexity index is 884. The molecule has 28 heavy (non-hydrogen) atoms. The minimum atomic E-state index is -5.34. The SMILES string of the molecule is CCC(Cl)NN=C(C1=CCC(Cl)(CS(=O)(=O)C(F)(F)F)C=C1)c1ccccc1. The van der Waals surface area contributed by atoms with E-state index in [0.29, 0.717) is 17.7 Å². The molecule has 1 aliphatic rings. The first-order valence-corrected chi connectivity index (χ1v) is 10.8. The van der Waals surface area contributed by atoms with Gasteiger partial charge in [-0.2, -0.15) is 18.3 Å². The van der Waals surface area contributed by atoms with Crippen molar-refractivity contribution >= 4 is 38.8 Å².